The predicted molar refractivity (Wildman–Crippen MR) is 102 cm³/mol. The number of carbonyl (C=O) groups excluding carboxylic acids is 1. The first kappa shape index (κ1) is 17.2. The Bertz CT molecular complexity index is 905. The van der Waals surface area contributed by atoms with Crippen molar-refractivity contribution < 1.29 is 4.79 Å². The minimum Gasteiger partial charge on any atom is -0.336 e. The smallest absolute Gasteiger partial charge is 0.261 e. The molecule has 2 aliphatic rings. The zero-order chi connectivity index (χ0) is 18.3. The summed E-state index contributed by atoms with van der Waals surface area (Å²) < 4.78 is 1.79. The molecule has 138 valence electrons. The van der Waals surface area contributed by atoms with E-state index in [9.17, 15) is 9.59 Å². The normalized spacial score (nSPS) is 21.5. The maximum Gasteiger partial charge on any atom is 0.261 e. The van der Waals surface area contributed by atoms with Crippen molar-refractivity contribution in [3.63, 3.8) is 0 Å². The van der Waals surface area contributed by atoms with E-state index in [-0.39, 0.29) is 17.5 Å². The molecule has 0 unspecified atom stereocenters. The lowest BCUT2D eigenvalue weighted by Gasteiger charge is -2.33. The summed E-state index contributed by atoms with van der Waals surface area (Å²) in [5, 5.41) is 0.599. The van der Waals surface area contributed by atoms with Crippen molar-refractivity contribution in [3.8, 4) is 0 Å². The Balaban J connectivity index is 1.73. The molecule has 1 amide bonds. The van der Waals surface area contributed by atoms with Crippen molar-refractivity contribution in [2.24, 2.45) is 0 Å². The van der Waals surface area contributed by atoms with E-state index in [1.54, 1.807) is 22.8 Å². The summed E-state index contributed by atoms with van der Waals surface area (Å²) in [6, 6.07) is 5.63. The first-order chi connectivity index (χ1) is 12.5. The van der Waals surface area contributed by atoms with Crippen LogP contribution in [0.4, 0.5) is 0 Å². The molecule has 26 heavy (non-hydrogen) atoms. The number of fused-ring (bicyclic) bond motifs is 2. The number of benzene rings is 1. The summed E-state index contributed by atoms with van der Waals surface area (Å²) in [7, 11) is 2.06. The number of likely N-dealkylation sites (tertiary alicyclic amines) is 1. The Morgan fingerprint density at radius 1 is 1.15 bits per heavy atom. The highest BCUT2D eigenvalue weighted by Gasteiger charge is 2.25. The van der Waals surface area contributed by atoms with E-state index in [1.807, 2.05) is 4.90 Å². The molecule has 0 spiro atoms. The average Bonchev–Trinajstić information content (AvgIpc) is 2.83. The van der Waals surface area contributed by atoms with Crippen LogP contribution >= 0.6 is 0 Å². The number of aromatic nitrogens is 2. The van der Waals surface area contributed by atoms with Gasteiger partial charge in [0.25, 0.3) is 11.5 Å². The molecule has 1 aromatic carbocycles. The second-order valence-corrected chi connectivity index (χ2v) is 7.61. The van der Waals surface area contributed by atoms with Gasteiger partial charge in [-0.2, -0.15) is 0 Å². The molecule has 1 aromatic heterocycles. The molecule has 6 nitrogen and oxygen atoms in total. The third-order valence-corrected chi connectivity index (χ3v) is 5.77. The van der Waals surface area contributed by atoms with E-state index in [4.69, 9.17) is 4.98 Å². The number of rotatable bonds is 1. The maximum atomic E-state index is 12.9. The largest absolute Gasteiger partial charge is 0.336 e. The van der Waals surface area contributed by atoms with Gasteiger partial charge in [-0.15, -0.1) is 0 Å². The van der Waals surface area contributed by atoms with Crippen LogP contribution in [0.1, 0.15) is 42.4 Å². The Morgan fingerprint density at radius 2 is 2.00 bits per heavy atom. The van der Waals surface area contributed by atoms with Gasteiger partial charge in [0.1, 0.15) is 5.82 Å². The van der Waals surface area contributed by atoms with E-state index in [0.29, 0.717) is 23.0 Å². The molecule has 0 aliphatic carbocycles. The van der Waals surface area contributed by atoms with Gasteiger partial charge in [0.2, 0.25) is 0 Å². The van der Waals surface area contributed by atoms with Crippen molar-refractivity contribution in [2.75, 3.05) is 26.7 Å². The lowest BCUT2D eigenvalue weighted by molar-refractivity contribution is 0.0636. The van der Waals surface area contributed by atoms with E-state index < -0.39 is 0 Å². The van der Waals surface area contributed by atoms with E-state index in [2.05, 4.69) is 18.9 Å². The molecule has 2 aliphatic heterocycles. The summed E-state index contributed by atoms with van der Waals surface area (Å²) in [5.74, 6) is 0.874. The van der Waals surface area contributed by atoms with Crippen LogP contribution in [0, 0.1) is 0 Å². The van der Waals surface area contributed by atoms with Crippen LogP contribution in [0.25, 0.3) is 10.9 Å². The van der Waals surface area contributed by atoms with E-state index in [0.717, 1.165) is 44.7 Å². The molecule has 1 fully saturated rings. The third kappa shape index (κ3) is 3.03. The van der Waals surface area contributed by atoms with Crippen LogP contribution in [-0.2, 0) is 13.0 Å². The van der Waals surface area contributed by atoms with Crippen molar-refractivity contribution in [1.29, 1.82) is 0 Å². The Hall–Kier alpha value is -2.21. The van der Waals surface area contributed by atoms with Gasteiger partial charge in [0.05, 0.1) is 10.9 Å². The van der Waals surface area contributed by atoms with Crippen LogP contribution in [-0.4, -0.2) is 58.0 Å². The number of hydrogen-bond donors (Lipinski definition) is 0. The molecule has 4 rings (SSSR count). The average molecular weight is 354 g/mol. The number of hydrogen-bond acceptors (Lipinski definition) is 4. The summed E-state index contributed by atoms with van der Waals surface area (Å²) in [6.45, 7) is 5.33. The zero-order valence-electron chi connectivity index (χ0n) is 15.6. The van der Waals surface area contributed by atoms with Gasteiger partial charge in [0.15, 0.2) is 0 Å². The number of piperidine rings is 1. The number of amides is 1. The van der Waals surface area contributed by atoms with Gasteiger partial charge >= 0.3 is 0 Å². The van der Waals surface area contributed by atoms with Crippen LogP contribution in [0.5, 0.6) is 0 Å². The standard InChI is InChI=1S/C20H26N4O2/c1-14-5-3-4-9-23(14)19(25)15-6-7-16-17(13-15)21-18-8-10-22(2)11-12-24(18)20(16)26/h6-7,13-14H,3-5,8-12H2,1-2H3/t14-/m1/s1. The van der Waals surface area contributed by atoms with E-state index >= 15 is 0 Å². The molecule has 3 heterocycles. The molecule has 0 bridgehead atoms. The molecular formula is C20H26N4O2. The lowest BCUT2D eigenvalue weighted by atomic mass is 10.0. The van der Waals surface area contributed by atoms with Crippen LogP contribution in [0.2, 0.25) is 0 Å². The molecule has 1 saturated heterocycles. The van der Waals surface area contributed by atoms with Crippen molar-refractivity contribution >= 4 is 16.8 Å². The zero-order valence-corrected chi connectivity index (χ0v) is 15.6. The monoisotopic (exact) mass is 354 g/mol. The van der Waals surface area contributed by atoms with Gasteiger partial charge in [-0.25, -0.2) is 4.98 Å². The molecule has 0 saturated carbocycles. The van der Waals surface area contributed by atoms with Gasteiger partial charge < -0.3 is 9.80 Å². The fourth-order valence-corrected chi connectivity index (χ4v) is 4.06. The fourth-order valence-electron chi connectivity index (χ4n) is 4.06. The predicted octanol–water partition coefficient (Wildman–Crippen LogP) is 1.90. The Morgan fingerprint density at radius 3 is 2.81 bits per heavy atom. The summed E-state index contributed by atoms with van der Waals surface area (Å²) in [4.78, 5) is 34.7. The van der Waals surface area contributed by atoms with Gasteiger partial charge in [0, 0.05) is 44.2 Å². The van der Waals surface area contributed by atoms with Gasteiger partial charge in [-0.3, -0.25) is 14.2 Å². The first-order valence-electron chi connectivity index (χ1n) is 9.57. The second kappa shape index (κ2) is 6.83. The number of likely N-dealkylation sites (N-methyl/N-ethyl adjacent to an activating group) is 1. The molecule has 0 N–H and O–H groups in total. The van der Waals surface area contributed by atoms with Gasteiger partial charge in [-0.1, -0.05) is 0 Å². The summed E-state index contributed by atoms with van der Waals surface area (Å²) in [6.07, 6.45) is 4.05. The maximum absolute atomic E-state index is 12.9. The highest BCUT2D eigenvalue weighted by atomic mass is 16.2. The molecular weight excluding hydrogens is 328 g/mol. The highest BCUT2D eigenvalue weighted by Crippen LogP contribution is 2.21. The Labute approximate surface area is 153 Å². The van der Waals surface area contributed by atoms with Crippen molar-refractivity contribution in [1.82, 2.24) is 19.4 Å². The van der Waals surface area contributed by atoms with Crippen LogP contribution in [0.3, 0.4) is 0 Å². The second-order valence-electron chi connectivity index (χ2n) is 7.61. The van der Waals surface area contributed by atoms with Crippen LogP contribution in [0.15, 0.2) is 23.0 Å². The molecule has 0 radical (unpaired) electrons. The van der Waals surface area contributed by atoms with Crippen molar-refractivity contribution in [2.45, 2.75) is 45.2 Å². The lowest BCUT2D eigenvalue weighted by Crippen LogP contribution is -2.42. The topological polar surface area (TPSA) is 58.4 Å². The number of carbonyl (C=O) groups is 1. The Kier molecular flexibility index (Phi) is 4.53. The SMILES string of the molecule is C[C@@H]1CCCCN1C(=O)c1ccc2c(=O)n3c(nc2c1)CCN(C)CC3. The molecule has 2 aromatic rings. The minimum absolute atomic E-state index is 0.00522. The summed E-state index contributed by atoms with van der Waals surface area (Å²) in [5.41, 5.74) is 1.28. The van der Waals surface area contributed by atoms with Gasteiger partial charge in [-0.05, 0) is 51.4 Å². The van der Waals surface area contributed by atoms with Crippen LogP contribution < -0.4 is 5.56 Å². The first-order valence-corrected chi connectivity index (χ1v) is 9.57. The summed E-state index contributed by atoms with van der Waals surface area (Å²) >= 11 is 0. The highest BCUT2D eigenvalue weighted by molar-refractivity contribution is 5.97. The fraction of sp³-hybridized carbons (Fsp3) is 0.550. The van der Waals surface area contributed by atoms with Crippen molar-refractivity contribution in [3.05, 3.63) is 39.9 Å². The van der Waals surface area contributed by atoms with E-state index in [1.165, 1.54) is 6.42 Å². The molecule has 6 heteroatoms. The minimum atomic E-state index is 0.00522. The molecule has 1 atom stereocenters. The quantitative estimate of drug-likeness (QED) is 0.785. The third-order valence-electron chi connectivity index (χ3n) is 5.77. The number of nitrogens with zero attached hydrogens (tertiary/aromatic N) is 4.